The zero-order valence-electron chi connectivity index (χ0n) is 13.9. The van der Waals surface area contributed by atoms with Gasteiger partial charge in [-0.3, -0.25) is 14.9 Å². The molecule has 0 heterocycles. The van der Waals surface area contributed by atoms with Crippen LogP contribution in [0.3, 0.4) is 0 Å². The number of rotatable bonds is 6. The molecule has 0 aliphatic rings. The number of hydrogen-bond acceptors (Lipinski definition) is 6. The number of carbonyl (C=O) groups is 2. The van der Waals surface area contributed by atoms with Crippen LogP contribution in [0.15, 0.2) is 36.4 Å². The monoisotopic (exact) mass is 378 g/mol. The molecule has 0 unspecified atom stereocenters. The fourth-order valence-corrected chi connectivity index (χ4v) is 2.41. The molecule has 2 rings (SSSR count). The number of carbonyl (C=O) groups excluding carboxylic acids is 2. The number of hydrogen-bond donors (Lipinski definition) is 1. The average molecular weight is 379 g/mol. The fraction of sp³-hybridized carbons (Fsp3) is 0.176. The van der Waals surface area contributed by atoms with Crippen molar-refractivity contribution in [2.75, 3.05) is 19.0 Å². The highest BCUT2D eigenvalue weighted by atomic mass is 35.5. The molecule has 0 fully saturated rings. The van der Waals surface area contributed by atoms with Crippen LogP contribution in [0.5, 0.6) is 5.75 Å². The van der Waals surface area contributed by atoms with Gasteiger partial charge >= 0.3 is 5.97 Å². The van der Waals surface area contributed by atoms with Crippen molar-refractivity contribution in [3.63, 3.8) is 0 Å². The molecule has 0 saturated carbocycles. The molecule has 1 N–H and O–H groups in total. The number of halogens is 1. The number of methoxy groups -OCH3 is 1. The normalized spacial score (nSPS) is 10.1. The highest BCUT2D eigenvalue weighted by Gasteiger charge is 2.22. The highest BCUT2D eigenvalue weighted by molar-refractivity contribution is 6.34. The lowest BCUT2D eigenvalue weighted by molar-refractivity contribution is -0.385. The van der Waals surface area contributed by atoms with Crippen molar-refractivity contribution in [1.29, 1.82) is 0 Å². The second-order valence-corrected chi connectivity index (χ2v) is 5.39. The Bertz CT molecular complexity index is 868. The molecule has 0 radical (unpaired) electrons. The van der Waals surface area contributed by atoms with Gasteiger partial charge in [0.05, 0.1) is 29.4 Å². The number of benzene rings is 2. The largest absolute Gasteiger partial charge is 0.496 e. The minimum atomic E-state index is -0.717. The zero-order valence-corrected chi connectivity index (χ0v) is 14.7. The summed E-state index contributed by atoms with van der Waals surface area (Å²) in [5.41, 5.74) is -0.221. The number of nitrogens with zero attached hydrogens (tertiary/aromatic N) is 1. The van der Waals surface area contributed by atoms with Crippen molar-refractivity contribution in [3.8, 4) is 5.75 Å². The van der Waals surface area contributed by atoms with Crippen molar-refractivity contribution in [1.82, 2.24) is 0 Å². The van der Waals surface area contributed by atoms with Crippen LogP contribution in [0.4, 0.5) is 11.4 Å². The van der Waals surface area contributed by atoms with Crippen LogP contribution in [0, 0.1) is 10.1 Å². The number of ether oxygens (including phenoxy) is 2. The molecule has 0 aliphatic carbocycles. The van der Waals surface area contributed by atoms with E-state index in [1.54, 1.807) is 6.92 Å². The molecule has 0 aromatic heterocycles. The summed E-state index contributed by atoms with van der Waals surface area (Å²) in [6, 6.07) is 8.16. The second-order valence-electron chi connectivity index (χ2n) is 4.98. The van der Waals surface area contributed by atoms with Gasteiger partial charge in [-0.25, -0.2) is 4.79 Å². The molecule has 0 atom stereocenters. The third-order valence-electron chi connectivity index (χ3n) is 3.38. The smallest absolute Gasteiger partial charge is 0.341 e. The first kappa shape index (κ1) is 19.2. The fourth-order valence-electron chi connectivity index (χ4n) is 2.20. The summed E-state index contributed by atoms with van der Waals surface area (Å²) in [4.78, 5) is 34.7. The van der Waals surface area contributed by atoms with E-state index < -0.39 is 16.8 Å². The zero-order chi connectivity index (χ0) is 19.3. The first-order valence-electron chi connectivity index (χ1n) is 7.48. The predicted molar refractivity (Wildman–Crippen MR) is 95.0 cm³/mol. The lowest BCUT2D eigenvalue weighted by Crippen LogP contribution is -2.15. The summed E-state index contributed by atoms with van der Waals surface area (Å²) >= 11 is 6.12. The van der Waals surface area contributed by atoms with E-state index in [1.165, 1.54) is 43.5 Å². The summed E-state index contributed by atoms with van der Waals surface area (Å²) in [6.45, 7) is 1.84. The standard InChI is InChI=1S/C17H15ClN2O6/c1-3-26-17(22)11-8-12(18)13(9-15(11)25-2)19-16(21)10-6-4-5-7-14(10)20(23)24/h4-9H,3H2,1-2H3,(H,19,21). The number of nitrogens with one attached hydrogen (secondary N) is 1. The highest BCUT2D eigenvalue weighted by Crippen LogP contribution is 2.32. The van der Waals surface area contributed by atoms with Crippen LogP contribution < -0.4 is 10.1 Å². The first-order valence-corrected chi connectivity index (χ1v) is 7.86. The first-order chi connectivity index (χ1) is 12.4. The van der Waals surface area contributed by atoms with Gasteiger partial charge in [-0.1, -0.05) is 23.7 Å². The molecule has 1 amide bonds. The van der Waals surface area contributed by atoms with Crippen LogP contribution >= 0.6 is 11.6 Å². The SMILES string of the molecule is CCOC(=O)c1cc(Cl)c(NC(=O)c2ccccc2[N+](=O)[O-])cc1OC. The molecule has 8 nitrogen and oxygen atoms in total. The molecule has 0 spiro atoms. The van der Waals surface area contributed by atoms with E-state index in [1.807, 2.05) is 0 Å². The maximum absolute atomic E-state index is 12.4. The quantitative estimate of drug-likeness (QED) is 0.466. The molecular formula is C17H15ClN2O6. The summed E-state index contributed by atoms with van der Waals surface area (Å²) in [5, 5.41) is 13.6. The predicted octanol–water partition coefficient (Wildman–Crippen LogP) is 3.69. The van der Waals surface area contributed by atoms with Crippen LogP contribution in [0.25, 0.3) is 0 Å². The van der Waals surface area contributed by atoms with Gasteiger partial charge in [0.25, 0.3) is 11.6 Å². The van der Waals surface area contributed by atoms with Gasteiger partial charge in [-0.2, -0.15) is 0 Å². The summed E-state index contributed by atoms with van der Waals surface area (Å²) in [7, 11) is 1.35. The molecule has 136 valence electrons. The maximum atomic E-state index is 12.4. The number of esters is 1. The topological polar surface area (TPSA) is 108 Å². The van der Waals surface area contributed by atoms with E-state index in [-0.39, 0.29) is 39.9 Å². The van der Waals surface area contributed by atoms with E-state index in [0.717, 1.165) is 0 Å². The molecule has 2 aromatic carbocycles. The number of nitro benzene ring substituents is 1. The van der Waals surface area contributed by atoms with Crippen molar-refractivity contribution >= 4 is 34.9 Å². The average Bonchev–Trinajstić information content (AvgIpc) is 2.63. The van der Waals surface area contributed by atoms with Crippen LogP contribution in [-0.4, -0.2) is 30.5 Å². The van der Waals surface area contributed by atoms with Gasteiger partial charge < -0.3 is 14.8 Å². The Morgan fingerprint density at radius 1 is 1.23 bits per heavy atom. The van der Waals surface area contributed by atoms with E-state index >= 15 is 0 Å². The Balaban J connectivity index is 2.37. The van der Waals surface area contributed by atoms with Gasteiger partial charge in [0, 0.05) is 12.1 Å². The second kappa shape index (κ2) is 8.30. The van der Waals surface area contributed by atoms with Crippen LogP contribution in [0.1, 0.15) is 27.6 Å². The van der Waals surface area contributed by atoms with Gasteiger partial charge in [0.1, 0.15) is 16.9 Å². The van der Waals surface area contributed by atoms with E-state index in [0.29, 0.717) is 0 Å². The third-order valence-corrected chi connectivity index (χ3v) is 3.69. The number of anilines is 1. The van der Waals surface area contributed by atoms with Gasteiger partial charge in [-0.05, 0) is 19.1 Å². The van der Waals surface area contributed by atoms with E-state index in [9.17, 15) is 19.7 Å². The summed E-state index contributed by atoms with van der Waals surface area (Å²) in [5.74, 6) is -1.20. The Kier molecular flexibility index (Phi) is 6.13. The van der Waals surface area contributed by atoms with Gasteiger partial charge in [0.2, 0.25) is 0 Å². The summed E-state index contributed by atoms with van der Waals surface area (Å²) in [6.07, 6.45) is 0. The number of para-hydroxylation sites is 1. The molecule has 26 heavy (non-hydrogen) atoms. The van der Waals surface area contributed by atoms with E-state index in [4.69, 9.17) is 21.1 Å². The molecule has 0 bridgehead atoms. The van der Waals surface area contributed by atoms with E-state index in [2.05, 4.69) is 5.32 Å². The molecule has 9 heteroatoms. The number of nitro groups is 1. The Morgan fingerprint density at radius 3 is 2.54 bits per heavy atom. The van der Waals surface area contributed by atoms with Crippen molar-refractivity contribution in [2.45, 2.75) is 6.92 Å². The minimum absolute atomic E-state index is 0.0563. The lowest BCUT2D eigenvalue weighted by atomic mass is 10.1. The van der Waals surface area contributed by atoms with Crippen molar-refractivity contribution in [3.05, 3.63) is 62.7 Å². The lowest BCUT2D eigenvalue weighted by Gasteiger charge is -2.13. The van der Waals surface area contributed by atoms with Crippen LogP contribution in [-0.2, 0) is 4.74 Å². The molecule has 2 aromatic rings. The van der Waals surface area contributed by atoms with Crippen molar-refractivity contribution < 1.29 is 24.0 Å². The Hall–Kier alpha value is -3.13. The molecule has 0 saturated heterocycles. The van der Waals surface area contributed by atoms with Crippen molar-refractivity contribution in [2.24, 2.45) is 0 Å². The third kappa shape index (κ3) is 4.09. The maximum Gasteiger partial charge on any atom is 0.341 e. The Morgan fingerprint density at radius 2 is 1.92 bits per heavy atom. The molecular weight excluding hydrogens is 364 g/mol. The Labute approximate surface area is 153 Å². The van der Waals surface area contributed by atoms with Crippen LogP contribution in [0.2, 0.25) is 5.02 Å². The minimum Gasteiger partial charge on any atom is -0.496 e. The van der Waals surface area contributed by atoms with Gasteiger partial charge in [-0.15, -0.1) is 0 Å². The molecule has 0 aliphatic heterocycles. The van der Waals surface area contributed by atoms with Gasteiger partial charge in [0.15, 0.2) is 0 Å². The summed E-state index contributed by atoms with van der Waals surface area (Å²) < 4.78 is 10.1. The number of amides is 1.